The minimum Gasteiger partial charge on any atom is -0.350 e. The zero-order valence-electron chi connectivity index (χ0n) is 15.2. The van der Waals surface area contributed by atoms with Gasteiger partial charge >= 0.3 is 0 Å². The van der Waals surface area contributed by atoms with Gasteiger partial charge in [-0.1, -0.05) is 13.8 Å². The molecule has 2 aromatic rings. The van der Waals surface area contributed by atoms with E-state index >= 15 is 0 Å². The first-order valence-electron chi connectivity index (χ1n) is 9.12. The van der Waals surface area contributed by atoms with Crippen LogP contribution in [0.3, 0.4) is 0 Å². The molecule has 136 valence electrons. The average Bonchev–Trinajstić information content (AvgIpc) is 3.21. The number of aromatic nitrogens is 4. The monoisotopic (exact) mass is 344 g/mol. The quantitative estimate of drug-likeness (QED) is 0.764. The lowest BCUT2D eigenvalue weighted by Crippen LogP contribution is -2.36. The SMILES string of the molecule is CC(C)CN1CCn2nc(CNC(=O)CCCc3cn[nH]c3)cc2C1. The lowest BCUT2D eigenvalue weighted by atomic mass is 10.1. The van der Waals surface area contributed by atoms with Gasteiger partial charge in [-0.05, 0) is 30.4 Å². The zero-order chi connectivity index (χ0) is 17.6. The van der Waals surface area contributed by atoms with Crippen molar-refractivity contribution in [3.05, 3.63) is 35.4 Å². The molecule has 0 saturated carbocycles. The second-order valence-corrected chi connectivity index (χ2v) is 7.22. The summed E-state index contributed by atoms with van der Waals surface area (Å²) in [5, 5.41) is 14.3. The van der Waals surface area contributed by atoms with Crippen molar-refractivity contribution >= 4 is 5.91 Å². The van der Waals surface area contributed by atoms with Crippen molar-refractivity contribution in [3.8, 4) is 0 Å². The van der Waals surface area contributed by atoms with E-state index in [4.69, 9.17) is 0 Å². The molecule has 7 nitrogen and oxygen atoms in total. The van der Waals surface area contributed by atoms with E-state index in [2.05, 4.69) is 50.1 Å². The summed E-state index contributed by atoms with van der Waals surface area (Å²) in [5.74, 6) is 0.756. The van der Waals surface area contributed by atoms with Gasteiger partial charge < -0.3 is 5.32 Å². The van der Waals surface area contributed by atoms with E-state index < -0.39 is 0 Å². The fourth-order valence-corrected chi connectivity index (χ4v) is 3.28. The number of hydrogen-bond donors (Lipinski definition) is 2. The highest BCUT2D eigenvalue weighted by atomic mass is 16.1. The van der Waals surface area contributed by atoms with Gasteiger partial charge in [-0.2, -0.15) is 10.2 Å². The third-order valence-electron chi connectivity index (χ3n) is 4.44. The van der Waals surface area contributed by atoms with Crippen LogP contribution in [0.1, 0.15) is 43.6 Å². The van der Waals surface area contributed by atoms with Crippen LogP contribution in [0, 0.1) is 5.92 Å². The zero-order valence-corrected chi connectivity index (χ0v) is 15.2. The highest BCUT2D eigenvalue weighted by Gasteiger charge is 2.19. The van der Waals surface area contributed by atoms with Crippen LogP contribution in [0.25, 0.3) is 0 Å². The Hall–Kier alpha value is -2.15. The van der Waals surface area contributed by atoms with Gasteiger partial charge in [0, 0.05) is 32.3 Å². The summed E-state index contributed by atoms with van der Waals surface area (Å²) in [6.07, 6.45) is 5.90. The molecule has 25 heavy (non-hydrogen) atoms. The van der Waals surface area contributed by atoms with Gasteiger partial charge in [0.25, 0.3) is 0 Å². The van der Waals surface area contributed by atoms with Crippen LogP contribution in [-0.2, 0) is 30.8 Å². The lowest BCUT2D eigenvalue weighted by molar-refractivity contribution is -0.121. The third-order valence-corrected chi connectivity index (χ3v) is 4.44. The van der Waals surface area contributed by atoms with Crippen LogP contribution in [0.15, 0.2) is 18.5 Å². The molecule has 0 aromatic carbocycles. The molecule has 3 rings (SSSR count). The molecular formula is C18H28N6O. The number of H-pyrrole nitrogens is 1. The number of aromatic amines is 1. The Bertz CT molecular complexity index is 676. The number of nitrogens with one attached hydrogen (secondary N) is 2. The number of carbonyl (C=O) groups excluding carboxylic acids is 1. The van der Waals surface area contributed by atoms with E-state index in [-0.39, 0.29) is 5.91 Å². The number of rotatable bonds is 8. The number of aryl methyl sites for hydroxylation is 1. The molecule has 1 aliphatic heterocycles. The number of carbonyl (C=O) groups is 1. The minimum atomic E-state index is 0.0795. The highest BCUT2D eigenvalue weighted by molar-refractivity contribution is 5.75. The topological polar surface area (TPSA) is 78.8 Å². The summed E-state index contributed by atoms with van der Waals surface area (Å²) < 4.78 is 2.08. The fraction of sp³-hybridized carbons (Fsp3) is 0.611. The Morgan fingerprint density at radius 1 is 1.40 bits per heavy atom. The summed E-state index contributed by atoms with van der Waals surface area (Å²) in [4.78, 5) is 14.5. The highest BCUT2D eigenvalue weighted by Crippen LogP contribution is 2.15. The second-order valence-electron chi connectivity index (χ2n) is 7.22. The standard InChI is InChI=1S/C18H28N6O/c1-14(2)12-23-6-7-24-17(13-23)8-16(22-24)11-19-18(25)5-3-4-15-9-20-21-10-15/h8-10,14H,3-7,11-13H2,1-2H3,(H,19,25)(H,20,21). The molecule has 0 spiro atoms. The van der Waals surface area contributed by atoms with E-state index in [1.807, 2.05) is 6.20 Å². The van der Waals surface area contributed by atoms with Gasteiger partial charge in [-0.25, -0.2) is 0 Å². The normalized spacial score (nSPS) is 14.7. The van der Waals surface area contributed by atoms with Crippen LogP contribution < -0.4 is 5.32 Å². The Morgan fingerprint density at radius 2 is 2.28 bits per heavy atom. The molecule has 1 aliphatic rings. The molecular weight excluding hydrogens is 316 g/mol. The maximum absolute atomic E-state index is 12.0. The van der Waals surface area contributed by atoms with Crippen molar-refractivity contribution in [3.63, 3.8) is 0 Å². The van der Waals surface area contributed by atoms with E-state index in [9.17, 15) is 4.79 Å². The summed E-state index contributed by atoms with van der Waals surface area (Å²) in [7, 11) is 0. The molecule has 0 radical (unpaired) electrons. The maximum Gasteiger partial charge on any atom is 0.220 e. The van der Waals surface area contributed by atoms with Gasteiger partial charge in [0.2, 0.25) is 5.91 Å². The molecule has 0 bridgehead atoms. The van der Waals surface area contributed by atoms with Gasteiger partial charge in [-0.3, -0.25) is 19.5 Å². The molecule has 7 heteroatoms. The van der Waals surface area contributed by atoms with Gasteiger partial charge in [0.15, 0.2) is 0 Å². The van der Waals surface area contributed by atoms with E-state index in [1.165, 1.54) is 5.69 Å². The van der Waals surface area contributed by atoms with Gasteiger partial charge in [0.05, 0.1) is 30.7 Å². The van der Waals surface area contributed by atoms with E-state index in [1.54, 1.807) is 6.20 Å². The largest absolute Gasteiger partial charge is 0.350 e. The fourth-order valence-electron chi connectivity index (χ4n) is 3.28. The van der Waals surface area contributed by atoms with E-state index in [0.717, 1.165) is 50.3 Å². The van der Waals surface area contributed by atoms with E-state index in [0.29, 0.717) is 18.9 Å². The number of amides is 1. The van der Waals surface area contributed by atoms with Crippen molar-refractivity contribution in [2.24, 2.45) is 5.92 Å². The first-order chi connectivity index (χ1) is 12.1. The lowest BCUT2D eigenvalue weighted by Gasteiger charge is -2.28. The third kappa shape index (κ3) is 5.16. The Balaban J connectivity index is 1.41. The molecule has 0 unspecified atom stereocenters. The smallest absolute Gasteiger partial charge is 0.220 e. The number of hydrogen-bond acceptors (Lipinski definition) is 4. The first-order valence-corrected chi connectivity index (χ1v) is 9.12. The Labute approximate surface area is 148 Å². The van der Waals surface area contributed by atoms with Gasteiger partial charge in [-0.15, -0.1) is 0 Å². The summed E-state index contributed by atoms with van der Waals surface area (Å²) >= 11 is 0. The molecule has 2 N–H and O–H groups in total. The Kier molecular flexibility index (Phi) is 5.86. The molecule has 1 amide bonds. The van der Waals surface area contributed by atoms with Crippen LogP contribution in [-0.4, -0.2) is 43.9 Å². The minimum absolute atomic E-state index is 0.0795. The predicted octanol–water partition coefficient (Wildman–Crippen LogP) is 1.72. The summed E-state index contributed by atoms with van der Waals surface area (Å²) in [5.41, 5.74) is 3.33. The number of nitrogens with zero attached hydrogens (tertiary/aromatic N) is 4. The molecule has 0 fully saturated rings. The van der Waals surface area contributed by atoms with Gasteiger partial charge in [0.1, 0.15) is 0 Å². The molecule has 2 aromatic heterocycles. The molecule has 0 aliphatic carbocycles. The van der Waals surface area contributed by atoms with Crippen molar-refractivity contribution in [2.45, 2.75) is 52.7 Å². The van der Waals surface area contributed by atoms with Crippen molar-refractivity contribution in [1.29, 1.82) is 0 Å². The summed E-state index contributed by atoms with van der Waals surface area (Å²) in [6, 6.07) is 2.12. The van der Waals surface area contributed by atoms with Crippen molar-refractivity contribution in [1.82, 2.24) is 30.2 Å². The van der Waals surface area contributed by atoms with Crippen LogP contribution >= 0.6 is 0 Å². The molecule has 3 heterocycles. The Morgan fingerprint density at radius 3 is 3.04 bits per heavy atom. The average molecular weight is 344 g/mol. The van der Waals surface area contributed by atoms with Crippen molar-refractivity contribution in [2.75, 3.05) is 13.1 Å². The maximum atomic E-state index is 12.0. The molecule has 0 atom stereocenters. The molecule has 0 saturated heterocycles. The van der Waals surface area contributed by atoms with Crippen LogP contribution in [0.4, 0.5) is 0 Å². The van der Waals surface area contributed by atoms with Crippen LogP contribution in [0.5, 0.6) is 0 Å². The van der Waals surface area contributed by atoms with Crippen molar-refractivity contribution < 1.29 is 4.79 Å². The first kappa shape index (κ1) is 17.7. The van der Waals surface area contributed by atoms with Crippen LogP contribution in [0.2, 0.25) is 0 Å². The second kappa shape index (κ2) is 8.29. The predicted molar refractivity (Wildman–Crippen MR) is 95.7 cm³/mol. The number of fused-ring (bicyclic) bond motifs is 1. The summed E-state index contributed by atoms with van der Waals surface area (Å²) in [6.45, 7) is 9.05.